The van der Waals surface area contributed by atoms with Crippen molar-refractivity contribution in [2.24, 2.45) is 0 Å². The Balaban J connectivity index is 0.00000127. The lowest BCUT2D eigenvalue weighted by Crippen LogP contribution is -2.10. The Kier molecular flexibility index (Phi) is 7.62. The minimum atomic E-state index is -0.488. The number of aromatic nitrogens is 3. The van der Waals surface area contributed by atoms with Crippen LogP contribution in [0.15, 0.2) is 18.2 Å². The standard InChI is InChI=1S/C13H15FN3O3P.C2H6/c1-3-20-11(18)7-21-13-15-12(17(19)16-13)9-5-4-8(2)6-10(9)14;1-2/h4-6,19,21H,3,7H2,1-2H3;1-2H3. The van der Waals surface area contributed by atoms with Gasteiger partial charge in [-0.25, -0.2) is 9.37 Å². The lowest BCUT2D eigenvalue weighted by atomic mass is 10.1. The van der Waals surface area contributed by atoms with Crippen molar-refractivity contribution in [2.75, 3.05) is 12.8 Å². The lowest BCUT2D eigenvalue weighted by molar-refractivity contribution is -0.139. The molecule has 126 valence electrons. The molecule has 23 heavy (non-hydrogen) atoms. The zero-order chi connectivity index (χ0) is 17.4. The molecule has 6 nitrogen and oxygen atoms in total. The molecule has 1 atom stereocenters. The molecule has 0 amide bonds. The van der Waals surface area contributed by atoms with Gasteiger partial charge in [0.1, 0.15) is 5.82 Å². The van der Waals surface area contributed by atoms with Crippen molar-refractivity contribution in [2.45, 2.75) is 27.7 Å². The van der Waals surface area contributed by atoms with E-state index < -0.39 is 5.82 Å². The van der Waals surface area contributed by atoms with Gasteiger partial charge in [-0.2, -0.15) is 0 Å². The molecule has 1 unspecified atom stereocenters. The van der Waals surface area contributed by atoms with E-state index in [9.17, 15) is 14.4 Å². The van der Waals surface area contributed by atoms with Gasteiger partial charge in [-0.15, -0.1) is 5.10 Å². The number of ether oxygens (including phenoxy) is 1. The summed E-state index contributed by atoms with van der Waals surface area (Å²) in [5.41, 5.74) is 1.20. The molecule has 1 aromatic carbocycles. The molecule has 0 aliphatic heterocycles. The van der Waals surface area contributed by atoms with Gasteiger partial charge in [-0.3, -0.25) is 4.79 Å². The van der Waals surface area contributed by atoms with Gasteiger partial charge >= 0.3 is 5.97 Å². The second-order valence-electron chi connectivity index (χ2n) is 4.29. The first-order valence-corrected chi connectivity index (χ1v) is 8.54. The van der Waals surface area contributed by atoms with Crippen molar-refractivity contribution in [1.29, 1.82) is 0 Å². The maximum Gasteiger partial charge on any atom is 0.310 e. The summed E-state index contributed by atoms with van der Waals surface area (Å²) in [5.74, 6) is -0.829. The van der Waals surface area contributed by atoms with E-state index in [1.54, 1.807) is 19.9 Å². The molecule has 0 spiro atoms. The van der Waals surface area contributed by atoms with Crippen molar-refractivity contribution in [3.8, 4) is 11.4 Å². The Morgan fingerprint density at radius 2 is 2.13 bits per heavy atom. The zero-order valence-electron chi connectivity index (χ0n) is 13.6. The lowest BCUT2D eigenvalue weighted by Gasteiger charge is -2.01. The highest BCUT2D eigenvalue weighted by molar-refractivity contribution is 7.47. The highest BCUT2D eigenvalue weighted by atomic mass is 31.1. The van der Waals surface area contributed by atoms with Gasteiger partial charge < -0.3 is 9.94 Å². The van der Waals surface area contributed by atoms with E-state index >= 15 is 0 Å². The smallest absolute Gasteiger partial charge is 0.310 e. The molecule has 0 aliphatic carbocycles. The molecule has 0 bridgehead atoms. The fourth-order valence-electron chi connectivity index (χ4n) is 1.71. The number of carbonyl (C=O) groups excluding carboxylic acids is 1. The minimum absolute atomic E-state index is 0.0128. The number of aryl methyl sites for hydroxylation is 1. The molecule has 0 aliphatic rings. The number of hydrogen-bond donors (Lipinski definition) is 1. The topological polar surface area (TPSA) is 77.2 Å². The van der Waals surface area contributed by atoms with Crippen LogP contribution in [0.1, 0.15) is 26.3 Å². The molecule has 0 fully saturated rings. The van der Waals surface area contributed by atoms with Crippen molar-refractivity contribution in [3.05, 3.63) is 29.6 Å². The maximum atomic E-state index is 13.9. The zero-order valence-corrected chi connectivity index (χ0v) is 14.6. The molecule has 0 saturated heterocycles. The highest BCUT2D eigenvalue weighted by Gasteiger charge is 2.16. The number of benzene rings is 1. The van der Waals surface area contributed by atoms with E-state index in [2.05, 4.69) is 10.1 Å². The summed E-state index contributed by atoms with van der Waals surface area (Å²) >= 11 is 0. The second kappa shape index (κ2) is 9.20. The number of carbonyl (C=O) groups is 1. The fourth-order valence-corrected chi connectivity index (χ4v) is 2.47. The van der Waals surface area contributed by atoms with Gasteiger partial charge in [-0.1, -0.05) is 24.8 Å². The minimum Gasteiger partial charge on any atom is -0.466 e. The Labute approximate surface area is 136 Å². The Bertz CT molecular complexity index is 661. The normalized spacial score (nSPS) is 10.5. The third-order valence-electron chi connectivity index (χ3n) is 2.65. The largest absolute Gasteiger partial charge is 0.466 e. The maximum absolute atomic E-state index is 13.9. The number of esters is 1. The van der Waals surface area contributed by atoms with Crippen LogP contribution < -0.4 is 5.57 Å². The molecule has 8 heteroatoms. The SMILES string of the molecule is CC.CCOC(=O)CPc1nc(-c2ccc(C)cc2F)n(O)n1. The quantitative estimate of drug-likeness (QED) is 0.514. The first kappa shape index (κ1) is 19.0. The summed E-state index contributed by atoms with van der Waals surface area (Å²) < 4.78 is 18.7. The molecule has 1 aromatic heterocycles. The Hall–Kier alpha value is -2.01. The molecular formula is C15H21FN3O3P. The van der Waals surface area contributed by atoms with Crippen LogP contribution in [0, 0.1) is 12.7 Å². The predicted octanol–water partition coefficient (Wildman–Crippen LogP) is 2.52. The fraction of sp³-hybridized carbons (Fsp3) is 0.400. The number of hydrogen-bond acceptors (Lipinski definition) is 5. The summed E-state index contributed by atoms with van der Waals surface area (Å²) in [6.07, 6.45) is 0.133. The molecular weight excluding hydrogens is 320 g/mol. The first-order chi connectivity index (χ1) is 11.0. The van der Waals surface area contributed by atoms with Crippen LogP contribution in [-0.4, -0.2) is 38.9 Å². The molecule has 0 radical (unpaired) electrons. The van der Waals surface area contributed by atoms with E-state index in [1.165, 1.54) is 12.1 Å². The van der Waals surface area contributed by atoms with Crippen molar-refractivity contribution >= 4 is 20.1 Å². The second-order valence-corrected chi connectivity index (χ2v) is 5.44. The summed E-state index contributed by atoms with van der Waals surface area (Å²) in [7, 11) is -0.0488. The van der Waals surface area contributed by atoms with E-state index in [4.69, 9.17) is 4.74 Å². The average Bonchev–Trinajstić information content (AvgIpc) is 2.88. The van der Waals surface area contributed by atoms with Crippen LogP contribution in [0.3, 0.4) is 0 Å². The van der Waals surface area contributed by atoms with Gasteiger partial charge in [0.2, 0.25) is 5.82 Å². The van der Waals surface area contributed by atoms with Crippen LogP contribution in [-0.2, 0) is 9.53 Å². The van der Waals surface area contributed by atoms with Gasteiger partial charge in [0.25, 0.3) is 0 Å². The van der Waals surface area contributed by atoms with Gasteiger partial charge in [0.05, 0.1) is 18.3 Å². The van der Waals surface area contributed by atoms with Gasteiger partial charge in [0.15, 0.2) is 5.57 Å². The summed E-state index contributed by atoms with van der Waals surface area (Å²) in [6, 6.07) is 4.60. The molecule has 1 N–H and O–H groups in total. The number of nitrogens with zero attached hydrogens (tertiary/aromatic N) is 3. The monoisotopic (exact) mass is 341 g/mol. The van der Waals surface area contributed by atoms with Crippen LogP contribution in [0.5, 0.6) is 0 Å². The van der Waals surface area contributed by atoms with E-state index in [1.807, 2.05) is 13.8 Å². The Morgan fingerprint density at radius 1 is 1.43 bits per heavy atom. The van der Waals surface area contributed by atoms with Crippen molar-refractivity contribution in [3.63, 3.8) is 0 Å². The van der Waals surface area contributed by atoms with E-state index in [0.717, 1.165) is 5.56 Å². The molecule has 2 rings (SSSR count). The third kappa shape index (κ3) is 5.28. The number of halogens is 1. The summed E-state index contributed by atoms with van der Waals surface area (Å²) in [6.45, 7) is 7.80. The molecule has 2 aromatic rings. The van der Waals surface area contributed by atoms with E-state index in [-0.39, 0.29) is 37.7 Å². The van der Waals surface area contributed by atoms with Gasteiger partial charge in [0, 0.05) is 0 Å². The highest BCUT2D eigenvalue weighted by Crippen LogP contribution is 2.21. The first-order valence-electron chi connectivity index (χ1n) is 7.33. The number of rotatable bonds is 5. The predicted molar refractivity (Wildman–Crippen MR) is 88.1 cm³/mol. The van der Waals surface area contributed by atoms with Crippen LogP contribution in [0.25, 0.3) is 11.4 Å². The van der Waals surface area contributed by atoms with Crippen molar-refractivity contribution < 1.29 is 19.1 Å². The third-order valence-corrected chi connectivity index (χ3v) is 3.65. The Morgan fingerprint density at radius 3 is 2.74 bits per heavy atom. The van der Waals surface area contributed by atoms with Gasteiger partial charge in [-0.05, 0) is 40.1 Å². The molecule has 0 saturated carbocycles. The van der Waals surface area contributed by atoms with Crippen LogP contribution in [0.2, 0.25) is 0 Å². The summed E-state index contributed by atoms with van der Waals surface area (Å²) in [4.78, 5) is 15.9. The molecule has 1 heterocycles. The van der Waals surface area contributed by atoms with E-state index in [0.29, 0.717) is 11.5 Å². The average molecular weight is 341 g/mol. The van der Waals surface area contributed by atoms with Crippen LogP contribution >= 0.6 is 8.58 Å². The van der Waals surface area contributed by atoms with Crippen LogP contribution in [0.4, 0.5) is 4.39 Å². The van der Waals surface area contributed by atoms with Crippen molar-refractivity contribution in [1.82, 2.24) is 14.9 Å². The summed E-state index contributed by atoms with van der Waals surface area (Å²) in [5, 5.41) is 13.5.